The van der Waals surface area contributed by atoms with Crippen molar-refractivity contribution in [3.63, 3.8) is 0 Å². The molecule has 2 aliphatic rings. The van der Waals surface area contributed by atoms with E-state index in [0.29, 0.717) is 0 Å². The van der Waals surface area contributed by atoms with Crippen LogP contribution in [-0.2, 0) is 11.8 Å². The Labute approximate surface area is 198 Å². The first-order valence-electron chi connectivity index (χ1n) is 12.1. The Bertz CT molecular complexity index is 1750. The average Bonchev–Trinajstić information content (AvgIpc) is 3.50. The molecule has 1 heterocycles. The van der Waals surface area contributed by atoms with Gasteiger partial charge in [0, 0.05) is 10.8 Å². The van der Waals surface area contributed by atoms with E-state index in [1.165, 1.54) is 60.8 Å². The van der Waals surface area contributed by atoms with Crippen molar-refractivity contribution in [1.29, 1.82) is 0 Å². The molecule has 1 spiro atoms. The number of hydrogen-bond donors (Lipinski definition) is 0. The van der Waals surface area contributed by atoms with Gasteiger partial charge in [-0.25, -0.2) is 0 Å². The first kappa shape index (κ1) is 18.3. The molecule has 0 aliphatic heterocycles. The van der Waals surface area contributed by atoms with E-state index in [1.54, 1.807) is 0 Å². The highest BCUT2D eigenvalue weighted by molar-refractivity contribution is 6.09. The lowest BCUT2D eigenvalue weighted by atomic mass is 9.70. The van der Waals surface area contributed by atoms with Crippen LogP contribution in [-0.4, -0.2) is 0 Å². The summed E-state index contributed by atoms with van der Waals surface area (Å²) in [5, 5.41) is 2.42. The van der Waals surface area contributed by atoms with E-state index >= 15 is 0 Å². The second-order valence-electron chi connectivity index (χ2n) is 9.57. The van der Waals surface area contributed by atoms with Crippen LogP contribution in [0, 0.1) is 0 Å². The van der Waals surface area contributed by atoms with Gasteiger partial charge in [0.05, 0.1) is 5.41 Å². The van der Waals surface area contributed by atoms with Gasteiger partial charge >= 0.3 is 0 Å². The lowest BCUT2D eigenvalue weighted by molar-refractivity contribution is 0.666. The van der Waals surface area contributed by atoms with Gasteiger partial charge in [-0.1, -0.05) is 85.8 Å². The van der Waals surface area contributed by atoms with Crippen molar-refractivity contribution < 1.29 is 4.42 Å². The number of hydrogen-bond acceptors (Lipinski definition) is 1. The smallest absolute Gasteiger partial charge is 0.135 e. The second-order valence-corrected chi connectivity index (χ2v) is 9.57. The summed E-state index contributed by atoms with van der Waals surface area (Å²) in [7, 11) is 0. The highest BCUT2D eigenvalue weighted by Crippen LogP contribution is 2.63. The maximum absolute atomic E-state index is 6.45. The fraction of sp³-hybridized carbons (Fsp3) is 0.0909. The maximum atomic E-state index is 6.45. The van der Waals surface area contributed by atoms with Gasteiger partial charge in [0.15, 0.2) is 0 Å². The van der Waals surface area contributed by atoms with E-state index in [1.807, 2.05) is 0 Å². The summed E-state index contributed by atoms with van der Waals surface area (Å²) in [5.41, 5.74) is 13.7. The van der Waals surface area contributed by atoms with Crippen molar-refractivity contribution in [3.8, 4) is 22.3 Å². The summed E-state index contributed by atoms with van der Waals surface area (Å²) in [4.78, 5) is 0. The molecule has 0 amide bonds. The van der Waals surface area contributed by atoms with Gasteiger partial charge in [-0.3, -0.25) is 0 Å². The Balaban J connectivity index is 1.56. The summed E-state index contributed by atoms with van der Waals surface area (Å²) >= 11 is 0. The summed E-state index contributed by atoms with van der Waals surface area (Å²) in [6.45, 7) is 2.20. The molecule has 1 heteroatoms. The van der Waals surface area contributed by atoms with Gasteiger partial charge < -0.3 is 4.42 Å². The third-order valence-corrected chi connectivity index (χ3v) is 8.06. The second kappa shape index (κ2) is 6.27. The average molecular weight is 435 g/mol. The third-order valence-electron chi connectivity index (χ3n) is 8.06. The topological polar surface area (TPSA) is 13.1 Å². The van der Waals surface area contributed by atoms with Crippen LogP contribution in [0.3, 0.4) is 0 Å². The van der Waals surface area contributed by atoms with Crippen molar-refractivity contribution in [1.82, 2.24) is 0 Å². The highest BCUT2D eigenvalue weighted by Gasteiger charge is 2.51. The molecule has 2 aliphatic carbocycles. The normalized spacial score (nSPS) is 14.4. The van der Waals surface area contributed by atoms with E-state index in [2.05, 4.69) is 110 Å². The van der Waals surface area contributed by atoms with Crippen LogP contribution < -0.4 is 0 Å². The van der Waals surface area contributed by atoms with E-state index < -0.39 is 0 Å². The largest absolute Gasteiger partial charge is 0.456 e. The Kier molecular flexibility index (Phi) is 3.38. The predicted molar refractivity (Wildman–Crippen MR) is 139 cm³/mol. The molecule has 0 N–H and O–H groups in total. The summed E-state index contributed by atoms with van der Waals surface area (Å²) in [6, 6.07) is 38.1. The van der Waals surface area contributed by atoms with Gasteiger partial charge in [0.1, 0.15) is 11.2 Å². The quantitative estimate of drug-likeness (QED) is 0.252. The predicted octanol–water partition coefficient (Wildman–Crippen LogP) is 8.49. The van der Waals surface area contributed by atoms with Crippen LogP contribution in [0.4, 0.5) is 0 Å². The zero-order valence-electron chi connectivity index (χ0n) is 18.9. The molecule has 8 rings (SSSR count). The molecule has 0 bridgehead atoms. The van der Waals surface area contributed by atoms with Gasteiger partial charge in [-0.2, -0.15) is 0 Å². The summed E-state index contributed by atoms with van der Waals surface area (Å²) < 4.78 is 6.45. The Morgan fingerprint density at radius 2 is 1.09 bits per heavy atom. The van der Waals surface area contributed by atoms with Gasteiger partial charge in [0.2, 0.25) is 0 Å². The standard InChI is InChI=1S/C33H22O/c1-2-20-15-16-31-25(17-20)26-18-24-23-11-5-8-14-29(23)33(30(24)19-32(26)34-31)27-12-6-3-9-21(27)22-10-4-7-13-28(22)33/h3-19H,2H2,1H3. The minimum Gasteiger partial charge on any atom is -0.456 e. The number of fused-ring (bicyclic) bond motifs is 13. The molecule has 5 aromatic carbocycles. The number of rotatable bonds is 1. The Morgan fingerprint density at radius 1 is 0.529 bits per heavy atom. The van der Waals surface area contributed by atoms with Crippen LogP contribution >= 0.6 is 0 Å². The molecule has 0 atom stereocenters. The summed E-state index contributed by atoms with van der Waals surface area (Å²) in [5.74, 6) is 0. The monoisotopic (exact) mass is 434 g/mol. The lowest BCUT2D eigenvalue weighted by Gasteiger charge is -2.30. The van der Waals surface area contributed by atoms with Crippen molar-refractivity contribution in [2.75, 3.05) is 0 Å². The fourth-order valence-electron chi connectivity index (χ4n) is 6.63. The van der Waals surface area contributed by atoms with Gasteiger partial charge in [-0.15, -0.1) is 0 Å². The fourth-order valence-corrected chi connectivity index (χ4v) is 6.63. The van der Waals surface area contributed by atoms with Gasteiger partial charge in [0.25, 0.3) is 0 Å². The first-order valence-corrected chi connectivity index (χ1v) is 12.1. The van der Waals surface area contributed by atoms with E-state index in [-0.39, 0.29) is 5.41 Å². The van der Waals surface area contributed by atoms with E-state index in [4.69, 9.17) is 4.42 Å². The first-order chi connectivity index (χ1) is 16.8. The number of benzene rings is 5. The molecular formula is C33H22O. The molecule has 0 unspecified atom stereocenters. The van der Waals surface area contributed by atoms with Crippen molar-refractivity contribution in [3.05, 3.63) is 131 Å². The zero-order chi connectivity index (χ0) is 22.4. The Hall–Kier alpha value is -4.10. The number of furan rings is 1. The highest BCUT2D eigenvalue weighted by atomic mass is 16.3. The zero-order valence-corrected chi connectivity index (χ0v) is 18.9. The minimum atomic E-state index is -0.319. The van der Waals surface area contributed by atoms with Crippen LogP contribution in [0.1, 0.15) is 34.7 Å². The van der Waals surface area contributed by atoms with Crippen molar-refractivity contribution >= 4 is 21.9 Å². The molecule has 160 valence electrons. The molecule has 34 heavy (non-hydrogen) atoms. The molecule has 0 fully saturated rings. The molecule has 0 radical (unpaired) electrons. The van der Waals surface area contributed by atoms with Crippen molar-refractivity contribution in [2.45, 2.75) is 18.8 Å². The molecule has 1 aromatic heterocycles. The van der Waals surface area contributed by atoms with Crippen LogP contribution in [0.5, 0.6) is 0 Å². The van der Waals surface area contributed by atoms with Gasteiger partial charge in [-0.05, 0) is 80.8 Å². The van der Waals surface area contributed by atoms with Crippen molar-refractivity contribution in [2.24, 2.45) is 0 Å². The maximum Gasteiger partial charge on any atom is 0.135 e. The molecule has 6 aromatic rings. The SMILES string of the molecule is CCc1ccc2oc3cc4c(cc3c2c1)-c1ccccc1C41c2ccccc2-c2ccccc21. The van der Waals surface area contributed by atoms with Crippen LogP contribution in [0.2, 0.25) is 0 Å². The lowest BCUT2D eigenvalue weighted by Crippen LogP contribution is -2.25. The Morgan fingerprint density at radius 3 is 1.71 bits per heavy atom. The summed E-state index contributed by atoms with van der Waals surface area (Å²) in [6.07, 6.45) is 1.02. The minimum absolute atomic E-state index is 0.319. The molecule has 0 saturated heterocycles. The van der Waals surface area contributed by atoms with E-state index in [0.717, 1.165) is 17.6 Å². The molecule has 1 nitrogen and oxygen atoms in total. The van der Waals surface area contributed by atoms with Crippen LogP contribution in [0.15, 0.2) is 108 Å². The van der Waals surface area contributed by atoms with E-state index in [9.17, 15) is 0 Å². The molecular weight excluding hydrogens is 412 g/mol. The molecule has 0 saturated carbocycles. The van der Waals surface area contributed by atoms with Crippen LogP contribution in [0.25, 0.3) is 44.2 Å². The number of aryl methyl sites for hydroxylation is 1. The third kappa shape index (κ3) is 2.02.